The number of halogens is 4. The van der Waals surface area contributed by atoms with E-state index in [0.29, 0.717) is 27.0 Å². The Morgan fingerprint density at radius 2 is 1.80 bits per heavy atom. The van der Waals surface area contributed by atoms with Crippen molar-refractivity contribution in [1.29, 1.82) is 5.26 Å². The Kier molecular flexibility index (Phi) is 7.82. The van der Waals surface area contributed by atoms with E-state index in [1.54, 1.807) is 42.5 Å². The number of hydrogen-bond acceptors (Lipinski definition) is 4. The van der Waals surface area contributed by atoms with E-state index >= 15 is 0 Å². The fourth-order valence-electron chi connectivity index (χ4n) is 3.44. The first-order chi connectivity index (χ1) is 16.8. The minimum absolute atomic E-state index is 0.155. The van der Waals surface area contributed by atoms with Crippen molar-refractivity contribution in [1.82, 2.24) is 0 Å². The van der Waals surface area contributed by atoms with Crippen LogP contribution < -0.4 is 10.2 Å². The normalized spacial score (nSPS) is 16.7. The van der Waals surface area contributed by atoms with Gasteiger partial charge in [-0.25, -0.2) is 4.39 Å². The molecule has 1 fully saturated rings. The first-order valence-corrected chi connectivity index (χ1v) is 12.6. The molecule has 2 amide bonds. The van der Waals surface area contributed by atoms with Crippen LogP contribution in [0.3, 0.4) is 0 Å². The number of amides is 2. The molecule has 0 aliphatic carbocycles. The first-order valence-electron chi connectivity index (χ1n) is 10.2. The maximum absolute atomic E-state index is 13.6. The molecule has 1 aliphatic heterocycles. The topological polar surface area (TPSA) is 73.2 Å². The molecular formula is C25H15BrCl2FN3O2S. The van der Waals surface area contributed by atoms with Crippen LogP contribution in [0, 0.1) is 17.1 Å². The van der Waals surface area contributed by atoms with Crippen molar-refractivity contribution in [3.05, 3.63) is 103 Å². The SMILES string of the molecule is N#C/C(C(=O)Nc1ccc(Br)cc1)=C1/SC(Cc2cc(Cl)ccc2Cl)C(=O)N1c1ccc(F)cc1. The van der Waals surface area contributed by atoms with Gasteiger partial charge >= 0.3 is 0 Å². The monoisotopic (exact) mass is 589 g/mol. The van der Waals surface area contributed by atoms with Crippen LogP contribution in [-0.2, 0) is 16.0 Å². The van der Waals surface area contributed by atoms with Crippen molar-refractivity contribution < 1.29 is 14.0 Å². The number of carbonyl (C=O) groups is 2. The highest BCUT2D eigenvalue weighted by atomic mass is 79.9. The predicted molar refractivity (Wildman–Crippen MR) is 141 cm³/mol. The molecular weight excluding hydrogens is 576 g/mol. The molecule has 176 valence electrons. The van der Waals surface area contributed by atoms with Crippen molar-refractivity contribution >= 4 is 74.1 Å². The number of benzene rings is 3. The zero-order chi connectivity index (χ0) is 25.1. The lowest BCUT2D eigenvalue weighted by Crippen LogP contribution is -2.31. The van der Waals surface area contributed by atoms with E-state index in [-0.39, 0.29) is 22.9 Å². The molecule has 3 aromatic carbocycles. The van der Waals surface area contributed by atoms with Gasteiger partial charge in [0.15, 0.2) is 0 Å². The second-order valence-electron chi connectivity index (χ2n) is 7.45. The Morgan fingerprint density at radius 3 is 2.46 bits per heavy atom. The van der Waals surface area contributed by atoms with Gasteiger partial charge in [-0.3, -0.25) is 14.5 Å². The molecule has 3 aromatic rings. The van der Waals surface area contributed by atoms with E-state index in [9.17, 15) is 19.2 Å². The largest absolute Gasteiger partial charge is 0.321 e. The van der Waals surface area contributed by atoms with Crippen LogP contribution in [0.4, 0.5) is 15.8 Å². The molecule has 5 nitrogen and oxygen atoms in total. The molecule has 1 saturated heterocycles. The second kappa shape index (κ2) is 10.8. The van der Waals surface area contributed by atoms with Crippen LogP contribution >= 0.6 is 50.9 Å². The Morgan fingerprint density at radius 1 is 1.11 bits per heavy atom. The maximum Gasteiger partial charge on any atom is 0.269 e. The van der Waals surface area contributed by atoms with Crippen molar-refractivity contribution in [3.63, 3.8) is 0 Å². The van der Waals surface area contributed by atoms with E-state index in [1.807, 2.05) is 6.07 Å². The lowest BCUT2D eigenvalue weighted by Gasteiger charge is -2.18. The van der Waals surface area contributed by atoms with Crippen LogP contribution in [0.1, 0.15) is 5.56 Å². The number of nitriles is 1. The van der Waals surface area contributed by atoms with Gasteiger partial charge in [0.2, 0.25) is 5.91 Å². The smallest absolute Gasteiger partial charge is 0.269 e. The molecule has 1 heterocycles. The van der Waals surface area contributed by atoms with Crippen molar-refractivity contribution in [2.45, 2.75) is 11.7 Å². The van der Waals surface area contributed by atoms with E-state index in [2.05, 4.69) is 21.2 Å². The van der Waals surface area contributed by atoms with Gasteiger partial charge in [-0.1, -0.05) is 50.9 Å². The highest BCUT2D eigenvalue weighted by Crippen LogP contribution is 2.42. The molecule has 4 rings (SSSR count). The summed E-state index contributed by atoms with van der Waals surface area (Å²) in [6.45, 7) is 0. The highest BCUT2D eigenvalue weighted by Gasteiger charge is 2.41. The molecule has 1 atom stereocenters. The molecule has 0 bridgehead atoms. The molecule has 1 unspecified atom stereocenters. The molecule has 1 N–H and O–H groups in total. The predicted octanol–water partition coefficient (Wildman–Crippen LogP) is 6.96. The summed E-state index contributed by atoms with van der Waals surface area (Å²) in [6, 6.07) is 19.0. The van der Waals surface area contributed by atoms with Gasteiger partial charge in [0.1, 0.15) is 22.5 Å². The van der Waals surface area contributed by atoms with Gasteiger partial charge in [-0.05, 0) is 78.7 Å². The number of nitrogens with zero attached hydrogens (tertiary/aromatic N) is 2. The van der Waals surface area contributed by atoms with Crippen molar-refractivity contribution in [3.8, 4) is 6.07 Å². The van der Waals surface area contributed by atoms with Crippen LogP contribution in [-0.4, -0.2) is 17.1 Å². The summed E-state index contributed by atoms with van der Waals surface area (Å²) in [5, 5.41) is 13.0. The molecule has 10 heteroatoms. The average Bonchev–Trinajstić information content (AvgIpc) is 3.14. The van der Waals surface area contributed by atoms with Crippen LogP contribution in [0.5, 0.6) is 0 Å². The van der Waals surface area contributed by atoms with Gasteiger partial charge in [-0.2, -0.15) is 5.26 Å². The summed E-state index contributed by atoms with van der Waals surface area (Å²) in [5.41, 5.74) is 1.23. The molecule has 35 heavy (non-hydrogen) atoms. The minimum atomic E-state index is -0.685. The number of hydrogen-bond donors (Lipinski definition) is 1. The fourth-order valence-corrected chi connectivity index (χ4v) is 5.39. The van der Waals surface area contributed by atoms with E-state index in [4.69, 9.17) is 23.2 Å². The molecule has 0 saturated carbocycles. The Balaban J connectivity index is 1.73. The summed E-state index contributed by atoms with van der Waals surface area (Å²) in [4.78, 5) is 27.8. The average molecular weight is 591 g/mol. The van der Waals surface area contributed by atoms with E-state index < -0.39 is 17.0 Å². The third-order valence-corrected chi connectivity index (χ3v) is 7.50. The molecule has 0 aromatic heterocycles. The number of nitrogens with one attached hydrogen (secondary N) is 1. The third kappa shape index (κ3) is 5.71. The second-order valence-corrected chi connectivity index (χ2v) is 10.4. The number of thioether (sulfide) groups is 1. The molecule has 0 spiro atoms. The fraction of sp³-hybridized carbons (Fsp3) is 0.0800. The minimum Gasteiger partial charge on any atom is -0.321 e. The summed E-state index contributed by atoms with van der Waals surface area (Å²) >= 11 is 16.8. The zero-order valence-electron chi connectivity index (χ0n) is 17.8. The van der Waals surface area contributed by atoms with E-state index in [0.717, 1.165) is 16.2 Å². The Hall–Kier alpha value is -2.83. The van der Waals surface area contributed by atoms with E-state index in [1.165, 1.54) is 29.2 Å². The number of carbonyl (C=O) groups excluding carboxylic acids is 2. The summed E-state index contributed by atoms with van der Waals surface area (Å²) in [6.07, 6.45) is 0.219. The summed E-state index contributed by atoms with van der Waals surface area (Å²) in [7, 11) is 0. The highest BCUT2D eigenvalue weighted by molar-refractivity contribution is 9.10. The standard InChI is InChI=1S/C25H15BrCl2FN3O2S/c26-15-1-6-18(7-2-15)31-23(33)20(13-30)25-32(19-8-4-17(29)5-9-19)24(34)22(35-25)12-14-11-16(27)3-10-21(14)28/h1-11,22H,12H2,(H,31,33)/b25-20-. The van der Waals surface area contributed by atoms with Gasteiger partial charge in [0.05, 0.1) is 5.25 Å². The van der Waals surface area contributed by atoms with Crippen LogP contribution in [0.25, 0.3) is 0 Å². The summed E-state index contributed by atoms with van der Waals surface area (Å²) < 4.78 is 14.4. The molecule has 0 radical (unpaired) electrons. The lowest BCUT2D eigenvalue weighted by atomic mass is 10.1. The zero-order valence-corrected chi connectivity index (χ0v) is 21.7. The van der Waals surface area contributed by atoms with Crippen LogP contribution in [0.2, 0.25) is 10.0 Å². The Labute approximate surface area is 223 Å². The van der Waals surface area contributed by atoms with Crippen molar-refractivity contribution in [2.24, 2.45) is 0 Å². The van der Waals surface area contributed by atoms with Gasteiger partial charge in [0, 0.05) is 25.9 Å². The quantitative estimate of drug-likeness (QED) is 0.257. The Bertz CT molecular complexity index is 1370. The number of rotatable bonds is 5. The van der Waals surface area contributed by atoms with Crippen molar-refractivity contribution in [2.75, 3.05) is 10.2 Å². The maximum atomic E-state index is 13.6. The van der Waals surface area contributed by atoms with Crippen LogP contribution in [0.15, 0.2) is 81.8 Å². The lowest BCUT2D eigenvalue weighted by molar-refractivity contribution is -0.117. The van der Waals surface area contributed by atoms with Gasteiger partial charge in [-0.15, -0.1) is 0 Å². The first kappa shape index (κ1) is 25.3. The summed E-state index contributed by atoms with van der Waals surface area (Å²) in [5.74, 6) is -1.51. The van der Waals surface area contributed by atoms with Gasteiger partial charge in [0.25, 0.3) is 5.91 Å². The third-order valence-electron chi connectivity index (χ3n) is 5.11. The number of anilines is 2. The molecule has 1 aliphatic rings. The van der Waals surface area contributed by atoms with Gasteiger partial charge < -0.3 is 5.32 Å².